The van der Waals surface area contributed by atoms with Crippen LogP contribution in [0.3, 0.4) is 0 Å². The minimum Gasteiger partial charge on any atom is -0.368 e. The summed E-state index contributed by atoms with van der Waals surface area (Å²) in [7, 11) is 0. The number of amides is 1. The molecular weight excluding hydrogens is 264 g/mol. The Hall–Kier alpha value is -2.14. The summed E-state index contributed by atoms with van der Waals surface area (Å²) in [5.41, 5.74) is 7.42. The summed E-state index contributed by atoms with van der Waals surface area (Å²) in [6.45, 7) is 6.60. The molecule has 5 heteroatoms. The Morgan fingerprint density at radius 1 is 1.33 bits per heavy atom. The second-order valence-electron chi connectivity index (χ2n) is 6.22. The number of nitrogens with one attached hydrogen (secondary N) is 1. The summed E-state index contributed by atoms with van der Waals surface area (Å²) < 4.78 is 1.94. The number of primary amides is 1. The minimum absolute atomic E-state index is 0.206. The van der Waals surface area contributed by atoms with Crippen molar-refractivity contribution in [3.63, 3.8) is 0 Å². The maximum absolute atomic E-state index is 11.5. The van der Waals surface area contributed by atoms with Crippen molar-refractivity contribution >= 4 is 5.91 Å². The number of benzene rings is 1. The van der Waals surface area contributed by atoms with Crippen LogP contribution < -0.4 is 11.1 Å². The molecule has 0 saturated heterocycles. The fourth-order valence-corrected chi connectivity index (χ4v) is 2.25. The molecule has 0 radical (unpaired) electrons. The van der Waals surface area contributed by atoms with E-state index >= 15 is 0 Å². The Balaban J connectivity index is 2.02. The molecule has 0 fully saturated rings. The first-order chi connectivity index (χ1) is 9.88. The second kappa shape index (κ2) is 6.10. The number of nitrogens with two attached hydrogens (primary N) is 1. The smallest absolute Gasteiger partial charge is 0.235 e. The number of carbonyl (C=O) groups excluding carboxylic acids is 1. The van der Waals surface area contributed by atoms with E-state index in [1.54, 1.807) is 12.5 Å². The van der Waals surface area contributed by atoms with Crippen molar-refractivity contribution in [1.82, 2.24) is 14.9 Å². The number of nitrogens with zero attached hydrogens (tertiary/aromatic N) is 2. The van der Waals surface area contributed by atoms with Gasteiger partial charge in [-0.05, 0) is 23.1 Å². The van der Waals surface area contributed by atoms with E-state index in [0.29, 0.717) is 6.54 Å². The molecule has 1 aromatic heterocycles. The molecule has 0 saturated carbocycles. The molecule has 0 aliphatic carbocycles. The van der Waals surface area contributed by atoms with Gasteiger partial charge in [0.2, 0.25) is 5.91 Å². The molecule has 2 aromatic rings. The van der Waals surface area contributed by atoms with Gasteiger partial charge in [-0.1, -0.05) is 32.9 Å². The highest BCUT2D eigenvalue weighted by Gasteiger charge is 2.28. The standard InChI is InChI=1S/C16H22N4O/c1-16(2,3)14(15(17)21)19-10-12-4-6-13(7-5-12)20-9-8-18-11-20/h4-9,11,14,19H,10H2,1-3H3,(H2,17,21). The largest absolute Gasteiger partial charge is 0.368 e. The van der Waals surface area contributed by atoms with E-state index in [1.807, 2.05) is 55.8 Å². The molecule has 0 aliphatic heterocycles. The second-order valence-corrected chi connectivity index (χ2v) is 6.22. The van der Waals surface area contributed by atoms with Crippen LogP contribution in [0.25, 0.3) is 5.69 Å². The van der Waals surface area contributed by atoms with Crippen molar-refractivity contribution in [2.24, 2.45) is 11.1 Å². The van der Waals surface area contributed by atoms with Crippen LogP contribution in [0.4, 0.5) is 0 Å². The van der Waals surface area contributed by atoms with Crippen LogP contribution in [-0.2, 0) is 11.3 Å². The Labute approximate surface area is 125 Å². The van der Waals surface area contributed by atoms with E-state index in [9.17, 15) is 4.79 Å². The van der Waals surface area contributed by atoms with E-state index in [4.69, 9.17) is 5.73 Å². The SMILES string of the molecule is CC(C)(C)C(NCc1ccc(-n2ccnc2)cc1)C(N)=O. The number of hydrogen-bond donors (Lipinski definition) is 2. The predicted octanol–water partition coefficient (Wildman–Crippen LogP) is 1.86. The van der Waals surface area contributed by atoms with Crippen LogP contribution in [0.5, 0.6) is 0 Å². The van der Waals surface area contributed by atoms with Crippen molar-refractivity contribution in [3.8, 4) is 5.69 Å². The fraction of sp³-hybridized carbons (Fsp3) is 0.375. The van der Waals surface area contributed by atoms with E-state index in [1.165, 1.54) is 0 Å². The Morgan fingerprint density at radius 2 is 2.00 bits per heavy atom. The zero-order valence-corrected chi connectivity index (χ0v) is 12.7. The molecule has 1 atom stereocenters. The number of hydrogen-bond acceptors (Lipinski definition) is 3. The highest BCUT2D eigenvalue weighted by atomic mass is 16.1. The fourth-order valence-electron chi connectivity index (χ4n) is 2.25. The lowest BCUT2D eigenvalue weighted by atomic mass is 9.86. The first kappa shape index (κ1) is 15.3. The summed E-state index contributed by atoms with van der Waals surface area (Å²) in [6, 6.07) is 7.75. The molecule has 112 valence electrons. The lowest BCUT2D eigenvalue weighted by Crippen LogP contribution is -2.49. The van der Waals surface area contributed by atoms with Gasteiger partial charge in [0.15, 0.2) is 0 Å². The molecule has 1 aromatic carbocycles. The van der Waals surface area contributed by atoms with Gasteiger partial charge < -0.3 is 15.6 Å². The van der Waals surface area contributed by atoms with E-state index in [2.05, 4.69) is 10.3 Å². The molecule has 1 unspecified atom stereocenters. The quantitative estimate of drug-likeness (QED) is 0.881. The van der Waals surface area contributed by atoms with Gasteiger partial charge in [0.05, 0.1) is 12.4 Å². The molecular formula is C16H22N4O. The average Bonchev–Trinajstić information content (AvgIpc) is 2.91. The van der Waals surface area contributed by atoms with Crippen molar-refractivity contribution in [1.29, 1.82) is 0 Å². The van der Waals surface area contributed by atoms with Gasteiger partial charge in [0, 0.05) is 24.6 Å². The van der Waals surface area contributed by atoms with Gasteiger partial charge in [-0.15, -0.1) is 0 Å². The van der Waals surface area contributed by atoms with Crippen LogP contribution in [0.1, 0.15) is 26.3 Å². The maximum Gasteiger partial charge on any atom is 0.235 e. The molecule has 1 heterocycles. The molecule has 0 aliphatic rings. The van der Waals surface area contributed by atoms with Crippen molar-refractivity contribution < 1.29 is 4.79 Å². The van der Waals surface area contributed by atoms with Gasteiger partial charge in [-0.2, -0.15) is 0 Å². The third-order valence-corrected chi connectivity index (χ3v) is 3.40. The first-order valence-corrected chi connectivity index (χ1v) is 6.98. The zero-order valence-electron chi connectivity index (χ0n) is 12.7. The molecule has 0 bridgehead atoms. The molecule has 0 spiro atoms. The van der Waals surface area contributed by atoms with Gasteiger partial charge >= 0.3 is 0 Å². The van der Waals surface area contributed by atoms with Crippen LogP contribution in [0.15, 0.2) is 43.0 Å². The lowest BCUT2D eigenvalue weighted by molar-refractivity contribution is -0.122. The van der Waals surface area contributed by atoms with E-state index in [0.717, 1.165) is 11.3 Å². The molecule has 2 rings (SSSR count). The number of imidazole rings is 1. The Kier molecular flexibility index (Phi) is 4.43. The Morgan fingerprint density at radius 3 is 2.48 bits per heavy atom. The number of rotatable bonds is 5. The van der Waals surface area contributed by atoms with Crippen LogP contribution in [0, 0.1) is 5.41 Å². The van der Waals surface area contributed by atoms with Crippen LogP contribution in [0.2, 0.25) is 0 Å². The molecule has 5 nitrogen and oxygen atoms in total. The minimum atomic E-state index is -0.356. The normalized spacial score (nSPS) is 13.1. The topological polar surface area (TPSA) is 72.9 Å². The summed E-state index contributed by atoms with van der Waals surface area (Å²) >= 11 is 0. The Bertz CT molecular complexity index is 582. The van der Waals surface area contributed by atoms with E-state index in [-0.39, 0.29) is 17.4 Å². The van der Waals surface area contributed by atoms with Crippen molar-refractivity contribution in [2.45, 2.75) is 33.4 Å². The van der Waals surface area contributed by atoms with Crippen LogP contribution in [-0.4, -0.2) is 21.5 Å². The summed E-state index contributed by atoms with van der Waals surface area (Å²) in [5, 5.41) is 3.24. The van der Waals surface area contributed by atoms with Gasteiger partial charge in [0.25, 0.3) is 0 Å². The summed E-state index contributed by atoms with van der Waals surface area (Å²) in [5.74, 6) is -0.322. The highest BCUT2D eigenvalue weighted by Crippen LogP contribution is 2.19. The third-order valence-electron chi connectivity index (χ3n) is 3.40. The van der Waals surface area contributed by atoms with Gasteiger partial charge in [0.1, 0.15) is 0 Å². The van der Waals surface area contributed by atoms with Crippen LogP contribution >= 0.6 is 0 Å². The molecule has 1 amide bonds. The summed E-state index contributed by atoms with van der Waals surface area (Å²) in [6.07, 6.45) is 5.40. The number of carbonyl (C=O) groups is 1. The van der Waals surface area contributed by atoms with Crippen molar-refractivity contribution in [2.75, 3.05) is 0 Å². The average molecular weight is 286 g/mol. The predicted molar refractivity (Wildman–Crippen MR) is 82.8 cm³/mol. The third kappa shape index (κ3) is 3.92. The van der Waals surface area contributed by atoms with Crippen molar-refractivity contribution in [3.05, 3.63) is 48.5 Å². The van der Waals surface area contributed by atoms with Gasteiger partial charge in [-0.25, -0.2) is 4.98 Å². The summed E-state index contributed by atoms with van der Waals surface area (Å²) in [4.78, 5) is 15.6. The van der Waals surface area contributed by atoms with E-state index < -0.39 is 0 Å². The molecule has 3 N–H and O–H groups in total. The first-order valence-electron chi connectivity index (χ1n) is 6.98. The zero-order chi connectivity index (χ0) is 15.5. The van der Waals surface area contributed by atoms with Gasteiger partial charge in [-0.3, -0.25) is 4.79 Å². The molecule has 21 heavy (non-hydrogen) atoms. The lowest BCUT2D eigenvalue weighted by Gasteiger charge is -2.28. The monoisotopic (exact) mass is 286 g/mol. The highest BCUT2D eigenvalue weighted by molar-refractivity contribution is 5.80. The number of aromatic nitrogens is 2. The maximum atomic E-state index is 11.5.